The number of rotatable bonds is 6. The monoisotopic (exact) mass is 414 g/mol. The second-order valence-corrected chi connectivity index (χ2v) is 7.04. The molecule has 1 aliphatic rings. The molecule has 0 spiro atoms. The predicted octanol–water partition coefficient (Wildman–Crippen LogP) is 4.44. The molecule has 0 saturated heterocycles. The summed E-state index contributed by atoms with van der Waals surface area (Å²) in [7, 11) is 0. The molecule has 3 N–H and O–H groups in total. The maximum atomic E-state index is 13.6. The standard InChI is InChI=1S/C25H22N2O4/c1-2-31-20-15-18(13-14-19(20)28)23-21(24(29)17-11-7-4-8-12-17)22(26-25(30)27-23)16-9-5-3-6-10-16/h3-15,23,28H,2H2,1H3,(H2,26,27,30)/t23-/m1/s1. The normalized spacial score (nSPS) is 15.8. The number of ether oxygens (including phenoxy) is 1. The fourth-order valence-electron chi connectivity index (χ4n) is 3.62. The minimum absolute atomic E-state index is 0.00550. The van der Waals surface area contributed by atoms with Crippen molar-refractivity contribution in [2.45, 2.75) is 13.0 Å². The first kappa shape index (κ1) is 20.2. The first-order valence-electron chi connectivity index (χ1n) is 10.0. The van der Waals surface area contributed by atoms with Crippen LogP contribution in [0.4, 0.5) is 4.79 Å². The number of ketones is 1. The molecule has 4 rings (SSSR count). The maximum Gasteiger partial charge on any atom is 0.320 e. The summed E-state index contributed by atoms with van der Waals surface area (Å²) in [6, 6.07) is 21.9. The number of hydrogen-bond acceptors (Lipinski definition) is 4. The van der Waals surface area contributed by atoms with E-state index in [1.807, 2.05) is 43.3 Å². The summed E-state index contributed by atoms with van der Waals surface area (Å²) in [5.41, 5.74) is 2.73. The Morgan fingerprint density at radius 2 is 1.68 bits per heavy atom. The van der Waals surface area contributed by atoms with E-state index in [1.165, 1.54) is 6.07 Å². The van der Waals surface area contributed by atoms with Crippen molar-refractivity contribution >= 4 is 17.5 Å². The van der Waals surface area contributed by atoms with Crippen LogP contribution in [0.3, 0.4) is 0 Å². The van der Waals surface area contributed by atoms with E-state index < -0.39 is 12.1 Å². The molecule has 1 atom stereocenters. The van der Waals surface area contributed by atoms with E-state index in [4.69, 9.17) is 4.74 Å². The third-order valence-electron chi connectivity index (χ3n) is 5.03. The molecule has 1 aliphatic heterocycles. The average molecular weight is 414 g/mol. The van der Waals surface area contributed by atoms with Crippen molar-refractivity contribution in [2.75, 3.05) is 6.61 Å². The Kier molecular flexibility index (Phi) is 5.71. The lowest BCUT2D eigenvalue weighted by Crippen LogP contribution is -2.45. The first-order chi connectivity index (χ1) is 15.1. The van der Waals surface area contributed by atoms with Gasteiger partial charge < -0.3 is 20.5 Å². The van der Waals surface area contributed by atoms with Gasteiger partial charge in [0.1, 0.15) is 0 Å². The van der Waals surface area contributed by atoms with Crippen LogP contribution in [0, 0.1) is 0 Å². The number of Topliss-reactive ketones (excluding diaryl/α,β-unsaturated/α-hetero) is 1. The molecule has 31 heavy (non-hydrogen) atoms. The highest BCUT2D eigenvalue weighted by Gasteiger charge is 2.34. The molecule has 0 aromatic heterocycles. The van der Waals surface area contributed by atoms with Crippen molar-refractivity contribution in [1.29, 1.82) is 0 Å². The second kappa shape index (κ2) is 8.75. The van der Waals surface area contributed by atoms with E-state index in [1.54, 1.807) is 36.4 Å². The molecule has 0 fully saturated rings. The van der Waals surface area contributed by atoms with Crippen LogP contribution in [0.25, 0.3) is 5.70 Å². The fraction of sp³-hybridized carbons (Fsp3) is 0.120. The van der Waals surface area contributed by atoms with Crippen molar-refractivity contribution in [3.05, 3.63) is 101 Å². The Labute approximate surface area is 180 Å². The van der Waals surface area contributed by atoms with Gasteiger partial charge in [-0.1, -0.05) is 66.7 Å². The summed E-state index contributed by atoms with van der Waals surface area (Å²) in [5, 5.41) is 15.8. The molecule has 0 bridgehead atoms. The molecule has 156 valence electrons. The van der Waals surface area contributed by atoms with Crippen LogP contribution in [-0.4, -0.2) is 23.5 Å². The predicted molar refractivity (Wildman–Crippen MR) is 118 cm³/mol. The largest absolute Gasteiger partial charge is 0.504 e. The van der Waals surface area contributed by atoms with Crippen LogP contribution in [0.15, 0.2) is 84.4 Å². The molecule has 0 radical (unpaired) electrons. The zero-order chi connectivity index (χ0) is 21.8. The highest BCUT2D eigenvalue weighted by atomic mass is 16.5. The van der Waals surface area contributed by atoms with Gasteiger partial charge in [-0.2, -0.15) is 0 Å². The number of benzene rings is 3. The fourth-order valence-corrected chi connectivity index (χ4v) is 3.62. The summed E-state index contributed by atoms with van der Waals surface area (Å²) in [6.07, 6.45) is 0. The topological polar surface area (TPSA) is 87.7 Å². The summed E-state index contributed by atoms with van der Waals surface area (Å²) in [4.78, 5) is 26.2. The number of hydrogen-bond donors (Lipinski definition) is 3. The molecular formula is C25H22N2O4. The van der Waals surface area contributed by atoms with Gasteiger partial charge in [-0.25, -0.2) is 4.79 Å². The van der Waals surface area contributed by atoms with E-state index in [0.29, 0.717) is 34.8 Å². The van der Waals surface area contributed by atoms with Crippen molar-refractivity contribution in [2.24, 2.45) is 0 Å². The van der Waals surface area contributed by atoms with Crippen LogP contribution >= 0.6 is 0 Å². The number of phenols is 1. The summed E-state index contributed by atoms with van der Waals surface area (Å²) < 4.78 is 5.51. The van der Waals surface area contributed by atoms with Crippen molar-refractivity contribution < 1.29 is 19.4 Å². The summed E-state index contributed by atoms with van der Waals surface area (Å²) in [6.45, 7) is 2.19. The van der Waals surface area contributed by atoms with Crippen LogP contribution in [-0.2, 0) is 0 Å². The Balaban J connectivity index is 1.91. The number of nitrogens with one attached hydrogen (secondary N) is 2. The highest BCUT2D eigenvalue weighted by molar-refractivity contribution is 6.16. The molecule has 0 aliphatic carbocycles. The number of amides is 2. The third-order valence-corrected chi connectivity index (χ3v) is 5.03. The van der Waals surface area contributed by atoms with E-state index in [-0.39, 0.29) is 11.5 Å². The Morgan fingerprint density at radius 1 is 1.00 bits per heavy atom. The molecule has 3 aromatic rings. The number of urea groups is 1. The van der Waals surface area contributed by atoms with Crippen LogP contribution in [0.2, 0.25) is 0 Å². The van der Waals surface area contributed by atoms with E-state index in [0.717, 1.165) is 5.56 Å². The van der Waals surface area contributed by atoms with Crippen LogP contribution in [0.5, 0.6) is 11.5 Å². The molecule has 2 amide bonds. The minimum Gasteiger partial charge on any atom is -0.504 e. The zero-order valence-corrected chi connectivity index (χ0v) is 17.0. The lowest BCUT2D eigenvalue weighted by molar-refractivity contribution is 0.102. The molecule has 0 unspecified atom stereocenters. The molecule has 0 saturated carbocycles. The number of phenolic OH excluding ortho intramolecular Hbond substituents is 1. The average Bonchev–Trinajstić information content (AvgIpc) is 2.81. The van der Waals surface area contributed by atoms with E-state index >= 15 is 0 Å². The van der Waals surface area contributed by atoms with E-state index in [9.17, 15) is 14.7 Å². The van der Waals surface area contributed by atoms with Gasteiger partial charge in [0, 0.05) is 5.56 Å². The third kappa shape index (κ3) is 4.14. The lowest BCUT2D eigenvalue weighted by atomic mass is 9.87. The van der Waals surface area contributed by atoms with Gasteiger partial charge in [0.15, 0.2) is 17.3 Å². The Bertz CT molecular complexity index is 1140. The Hall–Kier alpha value is -4.06. The SMILES string of the molecule is CCOc1cc([C@H]2NC(=O)NC(c3ccccc3)=C2C(=O)c2ccccc2)ccc1O. The lowest BCUT2D eigenvalue weighted by Gasteiger charge is -2.30. The summed E-state index contributed by atoms with van der Waals surface area (Å²) >= 11 is 0. The van der Waals surface area contributed by atoms with Gasteiger partial charge in [0.25, 0.3) is 0 Å². The smallest absolute Gasteiger partial charge is 0.320 e. The van der Waals surface area contributed by atoms with Crippen molar-refractivity contribution in [3.63, 3.8) is 0 Å². The number of aromatic hydroxyl groups is 1. The molecular weight excluding hydrogens is 392 g/mol. The molecule has 6 heteroatoms. The van der Waals surface area contributed by atoms with Crippen LogP contribution in [0.1, 0.15) is 34.5 Å². The quantitative estimate of drug-likeness (QED) is 0.521. The number of carbonyl (C=O) groups excluding carboxylic acids is 2. The van der Waals surface area contributed by atoms with Gasteiger partial charge in [-0.3, -0.25) is 4.79 Å². The minimum atomic E-state index is -0.725. The zero-order valence-electron chi connectivity index (χ0n) is 17.0. The first-order valence-corrected chi connectivity index (χ1v) is 10.0. The van der Waals surface area contributed by atoms with Crippen molar-refractivity contribution in [1.82, 2.24) is 10.6 Å². The molecule has 3 aromatic carbocycles. The Morgan fingerprint density at radius 3 is 2.35 bits per heavy atom. The van der Waals surface area contributed by atoms with Crippen molar-refractivity contribution in [3.8, 4) is 11.5 Å². The number of carbonyl (C=O) groups is 2. The maximum absolute atomic E-state index is 13.6. The van der Waals surface area contributed by atoms with Crippen LogP contribution < -0.4 is 15.4 Å². The van der Waals surface area contributed by atoms with Gasteiger partial charge in [-0.05, 0) is 30.2 Å². The molecule has 6 nitrogen and oxygen atoms in total. The van der Waals surface area contributed by atoms with Gasteiger partial charge in [0.2, 0.25) is 0 Å². The van der Waals surface area contributed by atoms with E-state index in [2.05, 4.69) is 10.6 Å². The highest BCUT2D eigenvalue weighted by Crippen LogP contribution is 2.37. The summed E-state index contributed by atoms with van der Waals surface area (Å²) in [5.74, 6) is 0.0811. The molecule has 1 heterocycles. The van der Waals surface area contributed by atoms with Gasteiger partial charge >= 0.3 is 6.03 Å². The second-order valence-electron chi connectivity index (χ2n) is 7.04. The van der Waals surface area contributed by atoms with Gasteiger partial charge in [-0.15, -0.1) is 0 Å². The van der Waals surface area contributed by atoms with Gasteiger partial charge in [0.05, 0.1) is 23.9 Å².